The van der Waals surface area contributed by atoms with Crippen molar-refractivity contribution < 1.29 is 0 Å². The van der Waals surface area contributed by atoms with E-state index in [4.69, 9.17) is 5.73 Å². The van der Waals surface area contributed by atoms with Gasteiger partial charge in [-0.1, -0.05) is 29.3 Å². The largest absolute Gasteiger partial charge is 0.330 e. The molecule has 0 radical (unpaired) electrons. The molecule has 0 saturated heterocycles. The Morgan fingerprint density at radius 2 is 1.75 bits per heavy atom. The number of hydrogen-bond donors (Lipinski definition) is 1. The van der Waals surface area contributed by atoms with Crippen molar-refractivity contribution in [2.75, 3.05) is 6.54 Å². The number of benzene rings is 1. The molecular weight excluding hydrogens is 214 g/mol. The molecule has 0 unspecified atom stereocenters. The zero-order chi connectivity index (χ0) is 11.5. The van der Waals surface area contributed by atoms with Gasteiger partial charge in [0.2, 0.25) is 0 Å². The van der Waals surface area contributed by atoms with Gasteiger partial charge in [0.05, 0.1) is 0 Å². The van der Waals surface area contributed by atoms with Gasteiger partial charge in [-0.2, -0.15) is 0 Å². The van der Waals surface area contributed by atoms with Crippen molar-refractivity contribution >= 4 is 11.3 Å². The Kier molecular flexibility index (Phi) is 3.42. The van der Waals surface area contributed by atoms with Crippen LogP contribution in [0, 0.1) is 13.8 Å². The quantitative estimate of drug-likeness (QED) is 0.859. The van der Waals surface area contributed by atoms with Crippen LogP contribution in [-0.2, 0) is 6.42 Å². The fourth-order valence-corrected chi connectivity index (χ4v) is 2.94. The van der Waals surface area contributed by atoms with Gasteiger partial charge in [-0.3, -0.25) is 0 Å². The third-order valence-corrected chi connectivity index (χ3v) is 3.75. The van der Waals surface area contributed by atoms with Gasteiger partial charge >= 0.3 is 0 Å². The van der Waals surface area contributed by atoms with E-state index in [0.29, 0.717) is 0 Å². The van der Waals surface area contributed by atoms with Crippen LogP contribution in [0.15, 0.2) is 30.3 Å². The van der Waals surface area contributed by atoms with Gasteiger partial charge in [0.25, 0.3) is 0 Å². The minimum absolute atomic E-state index is 0.729. The summed E-state index contributed by atoms with van der Waals surface area (Å²) in [5.41, 5.74) is 9.53. The Bertz CT molecular complexity index is 465. The fourth-order valence-electron chi connectivity index (χ4n) is 1.93. The molecule has 0 aliphatic carbocycles. The summed E-state index contributed by atoms with van der Waals surface area (Å²) in [6.07, 6.45) is 0.982. The van der Waals surface area contributed by atoms with Crippen molar-refractivity contribution in [3.05, 3.63) is 46.3 Å². The molecule has 0 amide bonds. The molecule has 0 aliphatic heterocycles. The van der Waals surface area contributed by atoms with Gasteiger partial charge < -0.3 is 5.73 Å². The average Bonchev–Trinajstić information content (AvgIpc) is 2.65. The molecule has 2 aromatic rings. The fraction of sp³-hybridized carbons (Fsp3) is 0.286. The van der Waals surface area contributed by atoms with E-state index in [2.05, 4.69) is 44.2 Å². The summed E-state index contributed by atoms with van der Waals surface area (Å²) in [5.74, 6) is 0. The van der Waals surface area contributed by atoms with E-state index in [1.165, 1.54) is 26.4 Å². The molecule has 2 rings (SSSR count). The summed E-state index contributed by atoms with van der Waals surface area (Å²) < 4.78 is 0. The number of nitrogens with two attached hydrogens (primary N) is 1. The molecule has 1 aromatic heterocycles. The summed E-state index contributed by atoms with van der Waals surface area (Å²) in [7, 11) is 0. The lowest BCUT2D eigenvalue weighted by molar-refractivity contribution is 0.989. The standard InChI is InChI=1S/C14H17NS/c1-10-7-11(2)9-12(8-10)14-4-3-13(16-14)5-6-15/h3-4,7-9H,5-6,15H2,1-2H3. The van der Waals surface area contributed by atoms with Crippen LogP contribution < -0.4 is 5.73 Å². The van der Waals surface area contributed by atoms with Gasteiger partial charge in [0, 0.05) is 9.75 Å². The summed E-state index contributed by atoms with van der Waals surface area (Å²) in [5, 5.41) is 0. The van der Waals surface area contributed by atoms with Crippen LogP contribution in [0.2, 0.25) is 0 Å². The molecule has 0 aliphatic rings. The van der Waals surface area contributed by atoms with Crippen LogP contribution in [0.25, 0.3) is 10.4 Å². The lowest BCUT2D eigenvalue weighted by Crippen LogP contribution is -2.00. The normalized spacial score (nSPS) is 10.7. The third kappa shape index (κ3) is 2.52. The predicted octanol–water partition coefficient (Wildman–Crippen LogP) is 3.53. The van der Waals surface area contributed by atoms with Crippen molar-refractivity contribution in [3.8, 4) is 10.4 Å². The molecule has 1 heterocycles. The van der Waals surface area contributed by atoms with E-state index in [-0.39, 0.29) is 0 Å². The summed E-state index contributed by atoms with van der Waals surface area (Å²) in [6.45, 7) is 5.02. The number of thiophene rings is 1. The van der Waals surface area contributed by atoms with Crippen molar-refractivity contribution in [1.29, 1.82) is 0 Å². The van der Waals surface area contributed by atoms with E-state index >= 15 is 0 Å². The molecular formula is C14H17NS. The van der Waals surface area contributed by atoms with E-state index in [1.54, 1.807) is 0 Å². The highest BCUT2D eigenvalue weighted by molar-refractivity contribution is 7.15. The van der Waals surface area contributed by atoms with Crippen LogP contribution in [0.3, 0.4) is 0 Å². The molecule has 16 heavy (non-hydrogen) atoms. The highest BCUT2D eigenvalue weighted by atomic mass is 32.1. The van der Waals surface area contributed by atoms with Crippen LogP contribution in [0.4, 0.5) is 0 Å². The SMILES string of the molecule is Cc1cc(C)cc(-c2ccc(CCN)s2)c1. The van der Waals surface area contributed by atoms with Crippen LogP contribution in [0.5, 0.6) is 0 Å². The van der Waals surface area contributed by atoms with Crippen molar-refractivity contribution in [2.24, 2.45) is 5.73 Å². The smallest absolute Gasteiger partial charge is 0.0345 e. The van der Waals surface area contributed by atoms with Gasteiger partial charge in [0.1, 0.15) is 0 Å². The van der Waals surface area contributed by atoms with E-state index in [9.17, 15) is 0 Å². The maximum Gasteiger partial charge on any atom is 0.0345 e. The number of hydrogen-bond acceptors (Lipinski definition) is 2. The molecule has 0 saturated carbocycles. The van der Waals surface area contributed by atoms with Gasteiger partial charge in [-0.05, 0) is 44.5 Å². The minimum Gasteiger partial charge on any atom is -0.330 e. The van der Waals surface area contributed by atoms with Gasteiger partial charge in [-0.15, -0.1) is 11.3 Å². The Balaban J connectivity index is 2.34. The molecule has 2 N–H and O–H groups in total. The van der Waals surface area contributed by atoms with Crippen LogP contribution in [0.1, 0.15) is 16.0 Å². The second kappa shape index (κ2) is 4.81. The first-order chi connectivity index (χ1) is 7.69. The summed E-state index contributed by atoms with van der Waals surface area (Å²) in [4.78, 5) is 2.71. The monoisotopic (exact) mass is 231 g/mol. The maximum atomic E-state index is 5.56. The first-order valence-corrected chi connectivity index (χ1v) is 6.38. The van der Waals surface area contributed by atoms with E-state index in [1.807, 2.05) is 11.3 Å². The van der Waals surface area contributed by atoms with Crippen LogP contribution in [-0.4, -0.2) is 6.54 Å². The maximum absolute atomic E-state index is 5.56. The Labute approximate surface area is 101 Å². The van der Waals surface area contributed by atoms with Crippen LogP contribution >= 0.6 is 11.3 Å². The zero-order valence-corrected chi connectivity index (χ0v) is 10.6. The lowest BCUT2D eigenvalue weighted by atomic mass is 10.1. The second-order valence-corrected chi connectivity index (χ2v) is 5.35. The van der Waals surface area contributed by atoms with E-state index in [0.717, 1.165) is 13.0 Å². The molecule has 1 nitrogen and oxygen atoms in total. The highest BCUT2D eigenvalue weighted by Gasteiger charge is 2.03. The molecule has 0 fully saturated rings. The molecule has 2 heteroatoms. The molecule has 1 aromatic carbocycles. The lowest BCUT2D eigenvalue weighted by Gasteiger charge is -2.02. The molecule has 0 spiro atoms. The molecule has 0 bridgehead atoms. The van der Waals surface area contributed by atoms with Gasteiger partial charge in [0.15, 0.2) is 0 Å². The first-order valence-electron chi connectivity index (χ1n) is 5.56. The van der Waals surface area contributed by atoms with Crippen molar-refractivity contribution in [2.45, 2.75) is 20.3 Å². The van der Waals surface area contributed by atoms with Gasteiger partial charge in [-0.25, -0.2) is 0 Å². The number of aryl methyl sites for hydroxylation is 2. The van der Waals surface area contributed by atoms with E-state index < -0.39 is 0 Å². The minimum atomic E-state index is 0.729. The average molecular weight is 231 g/mol. The highest BCUT2D eigenvalue weighted by Crippen LogP contribution is 2.29. The summed E-state index contributed by atoms with van der Waals surface area (Å²) >= 11 is 1.85. The zero-order valence-electron chi connectivity index (χ0n) is 9.79. The second-order valence-electron chi connectivity index (χ2n) is 4.18. The van der Waals surface area contributed by atoms with Crippen molar-refractivity contribution in [1.82, 2.24) is 0 Å². The Hall–Kier alpha value is -1.12. The number of rotatable bonds is 3. The first kappa shape index (κ1) is 11.4. The van der Waals surface area contributed by atoms with Crippen molar-refractivity contribution in [3.63, 3.8) is 0 Å². The Morgan fingerprint density at radius 1 is 1.06 bits per heavy atom. The topological polar surface area (TPSA) is 26.0 Å². The molecule has 0 atom stereocenters. The predicted molar refractivity (Wildman–Crippen MR) is 72.0 cm³/mol. The third-order valence-electron chi connectivity index (χ3n) is 2.56. The summed E-state index contributed by atoms with van der Waals surface area (Å²) in [6, 6.07) is 11.1. The molecule has 84 valence electrons. The Morgan fingerprint density at radius 3 is 2.38 bits per heavy atom.